The molecule has 0 amide bonds. The second-order valence-corrected chi connectivity index (χ2v) is 10.1. The van der Waals surface area contributed by atoms with Crippen LogP contribution in [0.15, 0.2) is 61.3 Å². The Balaban J connectivity index is 1.22. The lowest BCUT2D eigenvalue weighted by atomic mass is 9.79. The number of allylic oxidation sites excluding steroid dienone is 2. The van der Waals surface area contributed by atoms with Crippen LogP contribution in [0, 0.1) is 17.7 Å². The van der Waals surface area contributed by atoms with Crippen LogP contribution in [0.4, 0.5) is 10.2 Å². The number of aromatic nitrogens is 3. The van der Waals surface area contributed by atoms with E-state index in [1.807, 2.05) is 25.4 Å². The summed E-state index contributed by atoms with van der Waals surface area (Å²) in [5, 5.41) is 8.94. The van der Waals surface area contributed by atoms with Gasteiger partial charge in [0, 0.05) is 68.0 Å². The first kappa shape index (κ1) is 23.5. The second-order valence-electron chi connectivity index (χ2n) is 10.1. The number of benzene rings is 1. The predicted molar refractivity (Wildman–Crippen MR) is 140 cm³/mol. The Bertz CT molecular complexity index is 1230. The van der Waals surface area contributed by atoms with Gasteiger partial charge in [0.2, 0.25) is 0 Å². The van der Waals surface area contributed by atoms with Crippen LogP contribution in [-0.2, 0) is 7.05 Å². The van der Waals surface area contributed by atoms with Gasteiger partial charge >= 0.3 is 0 Å². The van der Waals surface area contributed by atoms with Crippen molar-refractivity contribution < 1.29 is 4.39 Å². The maximum Gasteiger partial charge on any atom is 0.133 e. The van der Waals surface area contributed by atoms with Crippen molar-refractivity contribution >= 4 is 16.6 Å². The van der Waals surface area contributed by atoms with Crippen molar-refractivity contribution in [2.24, 2.45) is 18.9 Å². The van der Waals surface area contributed by atoms with E-state index in [4.69, 9.17) is 0 Å². The van der Waals surface area contributed by atoms with Gasteiger partial charge in [-0.2, -0.15) is 5.10 Å². The van der Waals surface area contributed by atoms with Crippen LogP contribution in [-0.4, -0.2) is 57.8 Å². The number of hydrogen-bond acceptors (Lipinski definition) is 5. The fraction of sp³-hybridized carbons (Fsp3) is 0.429. The summed E-state index contributed by atoms with van der Waals surface area (Å²) in [6, 6.07) is 5.44. The van der Waals surface area contributed by atoms with Gasteiger partial charge in [-0.15, -0.1) is 0 Å². The lowest BCUT2D eigenvalue weighted by Gasteiger charge is -2.40. The van der Waals surface area contributed by atoms with Crippen molar-refractivity contribution in [1.82, 2.24) is 24.6 Å². The van der Waals surface area contributed by atoms with Gasteiger partial charge in [-0.05, 0) is 73.7 Å². The van der Waals surface area contributed by atoms with Crippen LogP contribution < -0.4 is 5.32 Å². The molecule has 2 aromatic heterocycles. The molecule has 1 saturated carbocycles. The molecule has 35 heavy (non-hydrogen) atoms. The van der Waals surface area contributed by atoms with Gasteiger partial charge in [0.15, 0.2) is 0 Å². The zero-order valence-electron chi connectivity index (χ0n) is 20.8. The fourth-order valence-electron chi connectivity index (χ4n) is 5.41. The average Bonchev–Trinajstić information content (AvgIpc) is 3.30. The van der Waals surface area contributed by atoms with E-state index in [1.54, 1.807) is 23.1 Å². The molecule has 3 heterocycles. The topological polar surface area (TPSA) is 49.2 Å². The van der Waals surface area contributed by atoms with Crippen LogP contribution in [0.25, 0.3) is 21.9 Å². The molecule has 7 heteroatoms. The molecule has 3 aromatic rings. The quantitative estimate of drug-likeness (QED) is 0.528. The smallest absolute Gasteiger partial charge is 0.133 e. The summed E-state index contributed by atoms with van der Waals surface area (Å²) < 4.78 is 16.5. The molecule has 0 bridgehead atoms. The molecule has 1 aromatic carbocycles. The van der Waals surface area contributed by atoms with Gasteiger partial charge in [0.25, 0.3) is 0 Å². The molecule has 1 aliphatic heterocycles. The summed E-state index contributed by atoms with van der Waals surface area (Å²) in [5.74, 6) is 1.39. The summed E-state index contributed by atoms with van der Waals surface area (Å²) in [6.07, 6.45) is 9.70. The minimum atomic E-state index is -0.280. The highest BCUT2D eigenvalue weighted by Gasteiger charge is 2.28. The number of fused-ring (bicyclic) bond motifs is 1. The van der Waals surface area contributed by atoms with E-state index < -0.39 is 0 Å². The van der Waals surface area contributed by atoms with Crippen LogP contribution in [0.1, 0.15) is 25.7 Å². The Hall–Kier alpha value is -3.19. The van der Waals surface area contributed by atoms with E-state index in [-0.39, 0.29) is 5.82 Å². The first-order chi connectivity index (χ1) is 16.9. The number of pyridine rings is 1. The van der Waals surface area contributed by atoms with Gasteiger partial charge in [-0.25, -0.2) is 9.37 Å². The van der Waals surface area contributed by atoms with Gasteiger partial charge in [0.05, 0.1) is 6.20 Å². The summed E-state index contributed by atoms with van der Waals surface area (Å²) in [4.78, 5) is 9.33. The number of rotatable bonds is 6. The fourth-order valence-corrected chi connectivity index (χ4v) is 5.41. The molecule has 0 unspecified atom stereocenters. The molecule has 1 N–H and O–H groups in total. The van der Waals surface area contributed by atoms with Crippen molar-refractivity contribution in [3.63, 3.8) is 0 Å². The monoisotopic (exact) mass is 474 g/mol. The highest BCUT2D eigenvalue weighted by molar-refractivity contribution is 5.89. The third-order valence-electron chi connectivity index (χ3n) is 7.71. The van der Waals surface area contributed by atoms with E-state index in [1.165, 1.54) is 5.70 Å². The first-order valence-electron chi connectivity index (χ1n) is 12.5. The number of aryl methyl sites for hydroxylation is 1. The third-order valence-corrected chi connectivity index (χ3v) is 7.71. The Morgan fingerprint density at radius 3 is 2.34 bits per heavy atom. The number of nitrogens with zero attached hydrogens (tertiary/aromatic N) is 5. The highest BCUT2D eigenvalue weighted by Crippen LogP contribution is 2.37. The minimum absolute atomic E-state index is 0.280. The molecular formula is C28H35FN6. The van der Waals surface area contributed by atoms with E-state index in [0.717, 1.165) is 74.1 Å². The second kappa shape index (κ2) is 9.82. The standard InChI is InChI=1S/C28H35FN6/c1-19(21-5-7-22(8-6-21)20(2)35-11-9-33(3)10-12-35)32-28-15-24-13-23(25-16-31-34(4)18-25)14-27(29)26(24)17-30-28/h13-18,21-22H,1-2,5-12H2,3-4H3,(H,30,32). The minimum Gasteiger partial charge on any atom is -0.373 e. The maximum absolute atomic E-state index is 14.8. The van der Waals surface area contributed by atoms with Gasteiger partial charge < -0.3 is 15.1 Å². The predicted octanol–water partition coefficient (Wildman–Crippen LogP) is 5.27. The van der Waals surface area contributed by atoms with Crippen molar-refractivity contribution in [1.29, 1.82) is 0 Å². The maximum atomic E-state index is 14.8. The summed E-state index contributed by atoms with van der Waals surface area (Å²) in [6.45, 7) is 13.2. The Labute approximate surface area is 207 Å². The van der Waals surface area contributed by atoms with Crippen LogP contribution in [0.2, 0.25) is 0 Å². The zero-order chi connectivity index (χ0) is 24.5. The molecular weight excluding hydrogens is 439 g/mol. The first-order valence-corrected chi connectivity index (χ1v) is 12.5. The van der Waals surface area contributed by atoms with E-state index in [2.05, 4.69) is 45.4 Å². The van der Waals surface area contributed by atoms with Crippen molar-refractivity contribution in [2.75, 3.05) is 38.5 Å². The number of hydrogen-bond donors (Lipinski definition) is 1. The molecule has 1 saturated heterocycles. The Morgan fingerprint density at radius 1 is 0.943 bits per heavy atom. The van der Waals surface area contributed by atoms with Crippen molar-refractivity contribution in [3.05, 3.63) is 67.2 Å². The normalized spacial score (nSPS) is 21.3. The molecule has 184 valence electrons. The summed E-state index contributed by atoms with van der Waals surface area (Å²) in [7, 11) is 4.04. The number of halogens is 1. The molecule has 6 nitrogen and oxygen atoms in total. The molecule has 0 radical (unpaired) electrons. The van der Waals surface area contributed by atoms with Crippen LogP contribution in [0.3, 0.4) is 0 Å². The van der Waals surface area contributed by atoms with Gasteiger partial charge in [0.1, 0.15) is 11.6 Å². The zero-order valence-corrected chi connectivity index (χ0v) is 20.8. The number of nitrogens with one attached hydrogen (secondary N) is 1. The van der Waals surface area contributed by atoms with Gasteiger partial charge in [-0.1, -0.05) is 13.2 Å². The molecule has 2 fully saturated rings. The number of likely N-dealkylation sites (N-methyl/N-ethyl adjacent to an activating group) is 1. The van der Waals surface area contributed by atoms with Gasteiger partial charge in [-0.3, -0.25) is 4.68 Å². The Kier molecular flexibility index (Phi) is 6.60. The third kappa shape index (κ3) is 5.10. The summed E-state index contributed by atoms with van der Waals surface area (Å²) in [5.41, 5.74) is 4.00. The van der Waals surface area contributed by atoms with Crippen molar-refractivity contribution in [2.45, 2.75) is 25.7 Å². The van der Waals surface area contributed by atoms with E-state index in [0.29, 0.717) is 23.0 Å². The van der Waals surface area contributed by atoms with Crippen molar-refractivity contribution in [3.8, 4) is 11.1 Å². The average molecular weight is 475 g/mol. The number of anilines is 1. The summed E-state index contributed by atoms with van der Waals surface area (Å²) >= 11 is 0. The number of piperazine rings is 1. The molecule has 1 aliphatic carbocycles. The highest BCUT2D eigenvalue weighted by atomic mass is 19.1. The molecule has 0 atom stereocenters. The molecule has 5 rings (SSSR count). The molecule has 2 aliphatic rings. The van der Waals surface area contributed by atoms with E-state index in [9.17, 15) is 4.39 Å². The van der Waals surface area contributed by atoms with Crippen LogP contribution in [0.5, 0.6) is 0 Å². The largest absolute Gasteiger partial charge is 0.373 e. The van der Waals surface area contributed by atoms with Crippen LogP contribution >= 0.6 is 0 Å². The SMILES string of the molecule is C=C(Nc1cc2cc(-c3cnn(C)c3)cc(F)c2cn1)C1CCC(C(=C)N2CCN(C)CC2)CC1. The van der Waals surface area contributed by atoms with E-state index >= 15 is 0 Å². The lowest BCUT2D eigenvalue weighted by Crippen LogP contribution is -2.45. The lowest BCUT2D eigenvalue weighted by molar-refractivity contribution is 0.162. The Morgan fingerprint density at radius 2 is 1.66 bits per heavy atom. The molecule has 0 spiro atoms.